The fourth-order valence-electron chi connectivity index (χ4n) is 3.23. The number of hydrogen-bond donors (Lipinski definition) is 3. The Labute approximate surface area is 136 Å². The van der Waals surface area contributed by atoms with Crippen LogP contribution < -0.4 is 10.6 Å². The predicted octanol–water partition coefficient (Wildman–Crippen LogP) is 0.212. The van der Waals surface area contributed by atoms with Crippen molar-refractivity contribution in [2.24, 2.45) is 0 Å². The number of piperidine rings is 1. The maximum absolute atomic E-state index is 11.9. The topological polar surface area (TPSA) is 139 Å². The molecule has 4 rings (SSSR count). The van der Waals surface area contributed by atoms with Crippen LogP contribution in [0.15, 0.2) is 24.7 Å². The molecule has 3 aromatic heterocycles. The fourth-order valence-corrected chi connectivity index (χ4v) is 3.23. The highest BCUT2D eigenvalue weighted by molar-refractivity contribution is 5.87. The molecule has 10 nitrogen and oxygen atoms in total. The van der Waals surface area contributed by atoms with Gasteiger partial charge in [0.15, 0.2) is 11.2 Å². The number of carboxylic acid groups (broad SMARTS) is 1. The summed E-state index contributed by atoms with van der Waals surface area (Å²) >= 11 is 0. The first-order valence-electron chi connectivity index (χ1n) is 7.55. The Kier molecular flexibility index (Phi) is 3.12. The molecule has 1 aliphatic heterocycles. The third kappa shape index (κ3) is 2.07. The second-order valence-electron chi connectivity index (χ2n) is 5.81. The van der Waals surface area contributed by atoms with Gasteiger partial charge in [-0.1, -0.05) is 0 Å². The first-order chi connectivity index (χ1) is 11.6. The molecule has 4 heterocycles. The van der Waals surface area contributed by atoms with Gasteiger partial charge in [-0.05, 0) is 6.07 Å². The number of aliphatic carboxylic acids is 1. The van der Waals surface area contributed by atoms with Crippen LogP contribution in [-0.4, -0.2) is 54.1 Å². The van der Waals surface area contributed by atoms with E-state index >= 15 is 0 Å². The van der Waals surface area contributed by atoms with Gasteiger partial charge in [-0.15, -0.1) is 0 Å². The number of anilines is 2. The Hall–Kier alpha value is -3.17. The monoisotopic (exact) mass is 328 g/mol. The number of carbonyl (C=O) groups is 1. The van der Waals surface area contributed by atoms with E-state index in [1.54, 1.807) is 24.7 Å². The summed E-state index contributed by atoms with van der Waals surface area (Å²) in [7, 11) is 0. The number of nitrogens with one attached hydrogen (secondary N) is 1. The molecular formula is C14H16N8O2. The van der Waals surface area contributed by atoms with E-state index in [0.29, 0.717) is 37.4 Å². The SMILES string of the molecule is Nc1nc(N2CCC(C(=O)O)(n3cccn3)CC2)c2cn[nH]c2n1. The number of fused-ring (bicyclic) bond motifs is 1. The molecule has 24 heavy (non-hydrogen) atoms. The van der Waals surface area contributed by atoms with Crippen molar-refractivity contribution in [1.29, 1.82) is 0 Å². The lowest BCUT2D eigenvalue weighted by Gasteiger charge is -2.39. The summed E-state index contributed by atoms with van der Waals surface area (Å²) < 4.78 is 1.54. The number of nitrogen functional groups attached to an aromatic ring is 1. The first-order valence-corrected chi connectivity index (χ1v) is 7.55. The minimum Gasteiger partial charge on any atom is -0.479 e. The van der Waals surface area contributed by atoms with Gasteiger partial charge in [0, 0.05) is 38.3 Å². The molecule has 0 aliphatic carbocycles. The van der Waals surface area contributed by atoms with Crippen molar-refractivity contribution in [3.05, 3.63) is 24.7 Å². The number of aromatic amines is 1. The number of hydrogen-bond acceptors (Lipinski definition) is 7. The van der Waals surface area contributed by atoms with Crippen LogP contribution in [0.2, 0.25) is 0 Å². The minimum atomic E-state index is -1.03. The van der Waals surface area contributed by atoms with E-state index in [0.717, 1.165) is 5.39 Å². The number of nitrogens with zero attached hydrogens (tertiary/aromatic N) is 6. The van der Waals surface area contributed by atoms with Gasteiger partial charge in [0.25, 0.3) is 0 Å². The van der Waals surface area contributed by atoms with E-state index in [9.17, 15) is 9.90 Å². The Balaban J connectivity index is 1.66. The highest BCUT2D eigenvalue weighted by Gasteiger charge is 2.44. The molecule has 0 bridgehead atoms. The van der Waals surface area contributed by atoms with Crippen molar-refractivity contribution in [2.45, 2.75) is 18.4 Å². The van der Waals surface area contributed by atoms with Crippen LogP contribution in [-0.2, 0) is 10.3 Å². The number of rotatable bonds is 3. The Bertz CT molecular complexity index is 879. The van der Waals surface area contributed by atoms with Crippen molar-refractivity contribution in [3.8, 4) is 0 Å². The standard InChI is InChI=1S/C14H16N8O2/c15-13-18-10-9(8-16-20-10)11(19-13)21-6-2-14(3-7-21,12(23)24)22-5-1-4-17-22/h1,4-5,8H,2-3,6-7H2,(H,23,24)(H3,15,16,18,19,20). The van der Waals surface area contributed by atoms with Crippen LogP contribution in [0, 0.1) is 0 Å². The molecule has 0 saturated carbocycles. The molecule has 124 valence electrons. The summed E-state index contributed by atoms with van der Waals surface area (Å²) in [4.78, 5) is 22.3. The average molecular weight is 328 g/mol. The highest BCUT2D eigenvalue weighted by Crippen LogP contribution is 2.33. The molecule has 0 unspecified atom stereocenters. The average Bonchev–Trinajstić information content (AvgIpc) is 3.25. The minimum absolute atomic E-state index is 0.156. The van der Waals surface area contributed by atoms with Crippen molar-refractivity contribution >= 4 is 28.8 Å². The summed E-state index contributed by atoms with van der Waals surface area (Å²) in [6, 6.07) is 1.73. The Morgan fingerprint density at radius 2 is 2.12 bits per heavy atom. The summed E-state index contributed by atoms with van der Waals surface area (Å²) in [5, 5.41) is 21.4. The van der Waals surface area contributed by atoms with E-state index in [1.807, 2.05) is 4.90 Å². The normalized spacial score (nSPS) is 17.2. The van der Waals surface area contributed by atoms with Crippen LogP contribution in [0.1, 0.15) is 12.8 Å². The molecule has 0 amide bonds. The van der Waals surface area contributed by atoms with Gasteiger partial charge in [0.1, 0.15) is 5.82 Å². The van der Waals surface area contributed by atoms with Gasteiger partial charge < -0.3 is 15.7 Å². The maximum Gasteiger partial charge on any atom is 0.331 e. The van der Waals surface area contributed by atoms with Gasteiger partial charge in [-0.3, -0.25) is 9.78 Å². The molecule has 3 aromatic rings. The zero-order chi connectivity index (χ0) is 16.7. The molecule has 10 heteroatoms. The molecule has 1 fully saturated rings. The summed E-state index contributed by atoms with van der Waals surface area (Å²) in [5.41, 5.74) is 5.30. The van der Waals surface area contributed by atoms with Crippen LogP contribution >= 0.6 is 0 Å². The van der Waals surface area contributed by atoms with Crippen LogP contribution in [0.3, 0.4) is 0 Å². The molecule has 0 atom stereocenters. The molecule has 0 aromatic carbocycles. The zero-order valence-corrected chi connectivity index (χ0v) is 12.8. The van der Waals surface area contributed by atoms with Crippen LogP contribution in [0.5, 0.6) is 0 Å². The molecular weight excluding hydrogens is 312 g/mol. The second kappa shape index (κ2) is 5.18. The molecule has 0 radical (unpaired) electrons. The van der Waals surface area contributed by atoms with E-state index in [4.69, 9.17) is 5.73 Å². The third-order valence-electron chi connectivity index (χ3n) is 4.54. The van der Waals surface area contributed by atoms with E-state index in [-0.39, 0.29) is 5.95 Å². The van der Waals surface area contributed by atoms with Crippen molar-refractivity contribution in [2.75, 3.05) is 23.7 Å². The first kappa shape index (κ1) is 14.4. The quantitative estimate of drug-likeness (QED) is 0.620. The van der Waals surface area contributed by atoms with E-state index < -0.39 is 11.5 Å². The second-order valence-corrected chi connectivity index (χ2v) is 5.81. The molecule has 4 N–H and O–H groups in total. The lowest BCUT2D eigenvalue weighted by atomic mass is 9.87. The largest absolute Gasteiger partial charge is 0.479 e. The number of carboxylic acids is 1. The van der Waals surface area contributed by atoms with E-state index in [1.165, 1.54) is 4.68 Å². The summed E-state index contributed by atoms with van der Waals surface area (Å²) in [6.45, 7) is 1.03. The van der Waals surface area contributed by atoms with Crippen molar-refractivity contribution in [1.82, 2.24) is 29.9 Å². The van der Waals surface area contributed by atoms with Gasteiger partial charge in [0.2, 0.25) is 5.95 Å². The smallest absolute Gasteiger partial charge is 0.331 e. The van der Waals surface area contributed by atoms with Gasteiger partial charge in [-0.25, -0.2) is 4.79 Å². The van der Waals surface area contributed by atoms with Gasteiger partial charge >= 0.3 is 5.97 Å². The maximum atomic E-state index is 11.9. The van der Waals surface area contributed by atoms with Gasteiger partial charge in [-0.2, -0.15) is 20.2 Å². The fraction of sp³-hybridized carbons (Fsp3) is 0.357. The third-order valence-corrected chi connectivity index (χ3v) is 4.54. The molecule has 0 spiro atoms. The zero-order valence-electron chi connectivity index (χ0n) is 12.8. The number of nitrogens with two attached hydrogens (primary N) is 1. The Morgan fingerprint density at radius 3 is 2.79 bits per heavy atom. The van der Waals surface area contributed by atoms with Gasteiger partial charge in [0.05, 0.1) is 11.6 Å². The van der Waals surface area contributed by atoms with E-state index in [2.05, 4.69) is 25.3 Å². The van der Waals surface area contributed by atoms with Crippen LogP contribution in [0.25, 0.3) is 11.0 Å². The Morgan fingerprint density at radius 1 is 1.33 bits per heavy atom. The lowest BCUT2D eigenvalue weighted by molar-refractivity contribution is -0.149. The number of H-pyrrole nitrogens is 1. The lowest BCUT2D eigenvalue weighted by Crippen LogP contribution is -2.51. The summed E-state index contributed by atoms with van der Waals surface area (Å²) in [5.74, 6) is -0.0453. The highest BCUT2D eigenvalue weighted by atomic mass is 16.4. The van der Waals surface area contributed by atoms with Crippen LogP contribution in [0.4, 0.5) is 11.8 Å². The van der Waals surface area contributed by atoms with Crippen molar-refractivity contribution in [3.63, 3.8) is 0 Å². The summed E-state index contributed by atoms with van der Waals surface area (Å²) in [6.07, 6.45) is 5.76. The predicted molar refractivity (Wildman–Crippen MR) is 85.4 cm³/mol. The molecule has 1 aliphatic rings. The van der Waals surface area contributed by atoms with Crippen molar-refractivity contribution < 1.29 is 9.90 Å². The number of aromatic nitrogens is 6. The molecule has 1 saturated heterocycles.